The lowest BCUT2D eigenvalue weighted by Gasteiger charge is -2.36. The van der Waals surface area contributed by atoms with E-state index in [1.165, 1.54) is 0 Å². The van der Waals surface area contributed by atoms with E-state index in [4.69, 9.17) is 4.74 Å². The summed E-state index contributed by atoms with van der Waals surface area (Å²) >= 11 is 0. The molecule has 0 aliphatic rings. The molecule has 3 nitrogen and oxygen atoms in total. The smallest absolute Gasteiger partial charge is 0.140 e. The molecule has 0 saturated carbocycles. The largest absolute Gasteiger partial charge is 0.497 e. The van der Waals surface area contributed by atoms with Crippen LogP contribution in [-0.4, -0.2) is 12.1 Å². The van der Waals surface area contributed by atoms with Crippen molar-refractivity contribution in [1.82, 2.24) is 4.98 Å². The van der Waals surface area contributed by atoms with Gasteiger partial charge in [-0.15, -0.1) is 0 Å². The number of methoxy groups -OCH3 is 1. The molecule has 0 spiro atoms. The topological polar surface area (TPSA) is 45.9 Å². The summed E-state index contributed by atoms with van der Waals surface area (Å²) in [5.74, 6) is 0.807. The molecule has 1 aromatic heterocycles. The molecule has 0 aliphatic carbocycles. The molecule has 4 aromatic rings. The van der Waals surface area contributed by atoms with Crippen LogP contribution in [0.15, 0.2) is 103 Å². The highest BCUT2D eigenvalue weighted by Gasteiger charge is 2.38. The fraction of sp³-hybridized carbons (Fsp3) is 0.0769. The van der Waals surface area contributed by atoms with Crippen LogP contribution in [0, 0.1) is 11.3 Å². The van der Waals surface area contributed by atoms with E-state index in [2.05, 4.69) is 47.5 Å². The molecule has 0 N–H and O–H groups in total. The standard InChI is InChI=1S/C26H20N2O/c1-29-25-16-13-22(14-17-25)26(20-8-4-2-5-9-20,21-10-6-3-7-11-21)23-12-15-24(18-27)28-19-23/h2-17,19H,1H3. The number of nitrogens with zero attached hydrogens (tertiary/aromatic N) is 2. The first kappa shape index (κ1) is 18.5. The third-order valence-electron chi connectivity index (χ3n) is 5.25. The van der Waals surface area contributed by atoms with Gasteiger partial charge in [-0.3, -0.25) is 0 Å². The molecule has 0 amide bonds. The highest BCUT2D eigenvalue weighted by molar-refractivity contribution is 5.59. The van der Waals surface area contributed by atoms with Crippen molar-refractivity contribution < 1.29 is 4.74 Å². The number of aromatic nitrogens is 1. The molecule has 0 bridgehead atoms. The Morgan fingerprint density at radius 3 is 1.66 bits per heavy atom. The Kier molecular flexibility index (Phi) is 5.09. The Bertz CT molecular complexity index is 1070. The number of hydrogen-bond donors (Lipinski definition) is 0. The van der Waals surface area contributed by atoms with Crippen LogP contribution in [0.25, 0.3) is 0 Å². The van der Waals surface area contributed by atoms with E-state index in [0.29, 0.717) is 5.69 Å². The molecule has 3 aromatic carbocycles. The van der Waals surface area contributed by atoms with Gasteiger partial charge in [0.05, 0.1) is 12.5 Å². The van der Waals surface area contributed by atoms with Gasteiger partial charge < -0.3 is 4.74 Å². The molecule has 0 radical (unpaired) electrons. The van der Waals surface area contributed by atoms with Crippen LogP contribution in [0.4, 0.5) is 0 Å². The van der Waals surface area contributed by atoms with Crippen molar-refractivity contribution in [3.05, 3.63) is 131 Å². The Morgan fingerprint density at radius 2 is 1.21 bits per heavy atom. The summed E-state index contributed by atoms with van der Waals surface area (Å²) < 4.78 is 5.38. The summed E-state index contributed by atoms with van der Waals surface area (Å²) in [4.78, 5) is 4.39. The van der Waals surface area contributed by atoms with Crippen LogP contribution in [0.3, 0.4) is 0 Å². The zero-order valence-electron chi connectivity index (χ0n) is 16.1. The number of ether oxygens (including phenoxy) is 1. The molecular weight excluding hydrogens is 356 g/mol. The van der Waals surface area contributed by atoms with Gasteiger partial charge in [0, 0.05) is 6.20 Å². The van der Waals surface area contributed by atoms with E-state index in [1.54, 1.807) is 13.2 Å². The maximum atomic E-state index is 9.21. The summed E-state index contributed by atoms with van der Waals surface area (Å²) in [6, 6.07) is 34.8. The van der Waals surface area contributed by atoms with E-state index >= 15 is 0 Å². The highest BCUT2D eigenvalue weighted by Crippen LogP contribution is 2.45. The normalized spacial score (nSPS) is 10.9. The van der Waals surface area contributed by atoms with Crippen LogP contribution >= 0.6 is 0 Å². The van der Waals surface area contributed by atoms with E-state index in [1.807, 2.05) is 60.8 Å². The number of benzene rings is 3. The Morgan fingerprint density at radius 1 is 0.690 bits per heavy atom. The average Bonchev–Trinajstić information content (AvgIpc) is 2.82. The zero-order valence-corrected chi connectivity index (χ0v) is 16.1. The van der Waals surface area contributed by atoms with E-state index < -0.39 is 5.41 Å². The first-order valence-corrected chi connectivity index (χ1v) is 9.41. The highest BCUT2D eigenvalue weighted by atomic mass is 16.5. The quantitative estimate of drug-likeness (QED) is 0.441. The second-order valence-corrected chi connectivity index (χ2v) is 6.75. The van der Waals surface area contributed by atoms with Gasteiger partial charge in [-0.2, -0.15) is 5.26 Å². The van der Waals surface area contributed by atoms with E-state index in [-0.39, 0.29) is 0 Å². The van der Waals surface area contributed by atoms with Crippen LogP contribution < -0.4 is 4.74 Å². The van der Waals surface area contributed by atoms with Crippen LogP contribution in [0.1, 0.15) is 27.9 Å². The minimum atomic E-state index is -0.574. The van der Waals surface area contributed by atoms with Gasteiger partial charge >= 0.3 is 0 Å². The van der Waals surface area contributed by atoms with E-state index in [9.17, 15) is 5.26 Å². The van der Waals surface area contributed by atoms with Crippen LogP contribution in [-0.2, 0) is 5.41 Å². The lowest BCUT2D eigenvalue weighted by atomic mass is 9.65. The molecule has 1 heterocycles. The summed E-state index contributed by atoms with van der Waals surface area (Å²) in [6.45, 7) is 0. The fourth-order valence-electron chi connectivity index (χ4n) is 3.90. The van der Waals surface area contributed by atoms with Gasteiger partial charge in [0.15, 0.2) is 0 Å². The van der Waals surface area contributed by atoms with Crippen molar-refractivity contribution in [3.8, 4) is 11.8 Å². The van der Waals surface area contributed by atoms with Gasteiger partial charge in [0.25, 0.3) is 0 Å². The van der Waals surface area contributed by atoms with Crippen molar-refractivity contribution in [2.75, 3.05) is 7.11 Å². The first-order valence-electron chi connectivity index (χ1n) is 9.41. The second-order valence-electron chi connectivity index (χ2n) is 6.75. The van der Waals surface area contributed by atoms with Crippen molar-refractivity contribution in [2.24, 2.45) is 0 Å². The van der Waals surface area contributed by atoms with Gasteiger partial charge in [-0.1, -0.05) is 78.9 Å². The minimum absolute atomic E-state index is 0.401. The number of pyridine rings is 1. The van der Waals surface area contributed by atoms with Gasteiger partial charge in [0.1, 0.15) is 17.5 Å². The third kappa shape index (κ3) is 3.26. The monoisotopic (exact) mass is 376 g/mol. The summed E-state index contributed by atoms with van der Waals surface area (Å²) in [7, 11) is 1.67. The zero-order chi connectivity index (χ0) is 20.1. The summed E-state index contributed by atoms with van der Waals surface area (Å²) in [6.07, 6.45) is 1.81. The molecule has 140 valence electrons. The average molecular weight is 376 g/mol. The lowest BCUT2D eigenvalue weighted by molar-refractivity contribution is 0.414. The Labute approximate surface area is 170 Å². The van der Waals surface area contributed by atoms with Crippen molar-refractivity contribution in [1.29, 1.82) is 5.26 Å². The predicted molar refractivity (Wildman–Crippen MR) is 114 cm³/mol. The van der Waals surface area contributed by atoms with Crippen molar-refractivity contribution >= 4 is 0 Å². The van der Waals surface area contributed by atoms with E-state index in [0.717, 1.165) is 28.0 Å². The van der Waals surface area contributed by atoms with Crippen LogP contribution in [0.2, 0.25) is 0 Å². The molecule has 0 atom stereocenters. The van der Waals surface area contributed by atoms with Crippen molar-refractivity contribution in [2.45, 2.75) is 5.41 Å². The Hall–Kier alpha value is -3.90. The van der Waals surface area contributed by atoms with Gasteiger partial charge in [-0.05, 0) is 40.5 Å². The maximum Gasteiger partial charge on any atom is 0.140 e. The molecule has 4 rings (SSSR count). The number of nitriles is 1. The molecule has 0 aliphatic heterocycles. The van der Waals surface area contributed by atoms with Crippen molar-refractivity contribution in [3.63, 3.8) is 0 Å². The molecule has 3 heteroatoms. The van der Waals surface area contributed by atoms with Gasteiger partial charge in [-0.25, -0.2) is 4.98 Å². The SMILES string of the molecule is COc1ccc(C(c2ccccc2)(c2ccccc2)c2ccc(C#N)nc2)cc1. The third-order valence-corrected chi connectivity index (χ3v) is 5.25. The Balaban J connectivity index is 2.08. The molecule has 0 unspecified atom stereocenters. The maximum absolute atomic E-state index is 9.21. The summed E-state index contributed by atoms with van der Waals surface area (Å²) in [5.41, 5.74) is 4.18. The molecule has 0 fully saturated rings. The molecule has 29 heavy (non-hydrogen) atoms. The fourth-order valence-corrected chi connectivity index (χ4v) is 3.90. The predicted octanol–water partition coefficient (Wildman–Crippen LogP) is 5.34. The molecular formula is C26H20N2O. The first-order chi connectivity index (χ1) is 14.3. The minimum Gasteiger partial charge on any atom is -0.497 e. The summed E-state index contributed by atoms with van der Waals surface area (Å²) in [5, 5.41) is 9.21. The van der Waals surface area contributed by atoms with Gasteiger partial charge in [0.2, 0.25) is 0 Å². The second kappa shape index (κ2) is 8.00. The number of rotatable bonds is 5. The number of hydrogen-bond acceptors (Lipinski definition) is 3. The molecule has 0 saturated heterocycles. The lowest BCUT2D eigenvalue weighted by Crippen LogP contribution is -2.31. The van der Waals surface area contributed by atoms with Crippen LogP contribution in [0.5, 0.6) is 5.75 Å².